The van der Waals surface area contributed by atoms with Crippen molar-refractivity contribution < 1.29 is 9.59 Å². The molecule has 2 aromatic carbocycles. The van der Waals surface area contributed by atoms with Crippen molar-refractivity contribution in [2.24, 2.45) is 5.92 Å². The number of likely N-dealkylation sites (tertiary alicyclic amines) is 1. The Morgan fingerprint density at radius 2 is 1.70 bits per heavy atom. The smallest absolute Gasteiger partial charge is 0.246 e. The van der Waals surface area contributed by atoms with Crippen molar-refractivity contribution in [1.82, 2.24) is 10.2 Å². The van der Waals surface area contributed by atoms with Gasteiger partial charge < -0.3 is 10.2 Å². The van der Waals surface area contributed by atoms with Gasteiger partial charge in [0, 0.05) is 36.1 Å². The summed E-state index contributed by atoms with van der Waals surface area (Å²) in [6.07, 6.45) is 4.85. The third-order valence-electron chi connectivity index (χ3n) is 4.78. The molecule has 0 aliphatic carbocycles. The van der Waals surface area contributed by atoms with E-state index in [0.29, 0.717) is 32.5 Å². The van der Waals surface area contributed by atoms with Crippen LogP contribution in [0.1, 0.15) is 24.0 Å². The molecule has 2 amide bonds. The number of rotatable bonds is 5. The maximum Gasteiger partial charge on any atom is 0.246 e. The molecule has 0 bridgehead atoms. The average molecular weight is 427 g/mol. The number of halogens is 1. The Kier molecular flexibility index (Phi) is 6.82. The molecule has 5 heteroatoms. The first-order chi connectivity index (χ1) is 13.1. The lowest BCUT2D eigenvalue weighted by Crippen LogP contribution is -2.42. The van der Waals surface area contributed by atoms with Crippen LogP contribution in [0.15, 0.2) is 65.1 Å². The van der Waals surface area contributed by atoms with Crippen molar-refractivity contribution >= 4 is 33.8 Å². The minimum absolute atomic E-state index is 0.000984. The van der Waals surface area contributed by atoms with Gasteiger partial charge in [0.15, 0.2) is 0 Å². The molecular formula is C22H23BrN2O2. The summed E-state index contributed by atoms with van der Waals surface area (Å²) in [5, 5.41) is 3.00. The summed E-state index contributed by atoms with van der Waals surface area (Å²) in [6.45, 7) is 1.79. The summed E-state index contributed by atoms with van der Waals surface area (Å²) in [4.78, 5) is 26.5. The first kappa shape index (κ1) is 19.4. The van der Waals surface area contributed by atoms with Gasteiger partial charge in [-0.25, -0.2) is 0 Å². The summed E-state index contributed by atoms with van der Waals surface area (Å²) in [7, 11) is 0. The highest BCUT2D eigenvalue weighted by molar-refractivity contribution is 9.10. The normalized spacial score (nSPS) is 15.1. The van der Waals surface area contributed by atoms with Gasteiger partial charge in [-0.05, 0) is 42.2 Å². The van der Waals surface area contributed by atoms with Gasteiger partial charge in [-0.3, -0.25) is 9.59 Å². The van der Waals surface area contributed by atoms with Gasteiger partial charge in [0.1, 0.15) is 0 Å². The molecule has 1 fully saturated rings. The zero-order valence-corrected chi connectivity index (χ0v) is 16.7. The summed E-state index contributed by atoms with van der Waals surface area (Å²) in [5.74, 6) is 0.0608. The Hall–Kier alpha value is -2.40. The molecule has 1 saturated heterocycles. The second kappa shape index (κ2) is 9.51. The molecule has 1 aliphatic rings. The van der Waals surface area contributed by atoms with E-state index in [0.717, 1.165) is 15.6 Å². The largest absolute Gasteiger partial charge is 0.352 e. The zero-order valence-electron chi connectivity index (χ0n) is 15.1. The Balaban J connectivity index is 1.44. The second-order valence-corrected chi connectivity index (χ2v) is 7.60. The lowest BCUT2D eigenvalue weighted by atomic mass is 9.95. The van der Waals surface area contributed by atoms with Crippen molar-refractivity contribution in [2.45, 2.75) is 19.4 Å². The summed E-state index contributed by atoms with van der Waals surface area (Å²) < 4.78 is 1.01. The Bertz CT molecular complexity index is 795. The van der Waals surface area contributed by atoms with Crippen LogP contribution in [0.25, 0.3) is 6.08 Å². The molecule has 4 nitrogen and oxygen atoms in total. The van der Waals surface area contributed by atoms with Crippen LogP contribution in [0.3, 0.4) is 0 Å². The standard InChI is InChI=1S/C22H23BrN2O2/c23-20-9-6-17(7-10-20)8-11-21(26)25-14-12-19(13-15-25)22(27)24-16-18-4-2-1-3-5-18/h1-11,19H,12-16H2,(H,24,27)/b11-8+. The maximum atomic E-state index is 12.4. The molecule has 27 heavy (non-hydrogen) atoms. The molecule has 0 saturated carbocycles. The number of amides is 2. The fourth-order valence-corrected chi connectivity index (χ4v) is 3.40. The molecule has 0 spiro atoms. The quantitative estimate of drug-likeness (QED) is 0.733. The van der Waals surface area contributed by atoms with Crippen molar-refractivity contribution in [3.05, 3.63) is 76.3 Å². The Morgan fingerprint density at radius 1 is 1.04 bits per heavy atom. The van der Waals surface area contributed by atoms with E-state index in [1.54, 1.807) is 6.08 Å². The average Bonchev–Trinajstić information content (AvgIpc) is 2.72. The number of carbonyl (C=O) groups excluding carboxylic acids is 2. The molecule has 3 rings (SSSR count). The van der Waals surface area contributed by atoms with E-state index in [-0.39, 0.29) is 17.7 Å². The van der Waals surface area contributed by atoms with Crippen LogP contribution in [0.4, 0.5) is 0 Å². The van der Waals surface area contributed by atoms with E-state index in [1.165, 1.54) is 0 Å². The molecule has 0 atom stereocenters. The Labute approximate surface area is 168 Å². The molecule has 1 heterocycles. The fourth-order valence-electron chi connectivity index (χ4n) is 3.14. The first-order valence-corrected chi connectivity index (χ1v) is 9.95. The van der Waals surface area contributed by atoms with Crippen molar-refractivity contribution in [3.8, 4) is 0 Å². The van der Waals surface area contributed by atoms with Crippen molar-refractivity contribution in [1.29, 1.82) is 0 Å². The molecule has 1 aliphatic heterocycles. The number of piperidine rings is 1. The van der Waals surface area contributed by atoms with Gasteiger partial charge >= 0.3 is 0 Å². The number of hydrogen-bond acceptors (Lipinski definition) is 2. The van der Waals surface area contributed by atoms with Crippen molar-refractivity contribution in [2.75, 3.05) is 13.1 Å². The van der Waals surface area contributed by atoms with Crippen LogP contribution in [-0.4, -0.2) is 29.8 Å². The van der Waals surface area contributed by atoms with Crippen LogP contribution >= 0.6 is 15.9 Å². The number of nitrogens with one attached hydrogen (secondary N) is 1. The van der Waals surface area contributed by atoms with Crippen LogP contribution in [-0.2, 0) is 16.1 Å². The van der Waals surface area contributed by atoms with Gasteiger partial charge in [-0.1, -0.05) is 58.4 Å². The van der Waals surface area contributed by atoms with Gasteiger partial charge in [-0.2, -0.15) is 0 Å². The number of nitrogens with zero attached hydrogens (tertiary/aromatic N) is 1. The number of carbonyl (C=O) groups is 2. The third kappa shape index (κ3) is 5.79. The molecule has 0 radical (unpaired) electrons. The summed E-state index contributed by atoms with van der Waals surface area (Å²) in [6, 6.07) is 17.7. The SMILES string of the molecule is O=C(NCc1ccccc1)C1CCN(C(=O)/C=C/c2ccc(Br)cc2)CC1. The molecule has 140 valence electrons. The van der Waals surface area contributed by atoms with E-state index < -0.39 is 0 Å². The van der Waals surface area contributed by atoms with Crippen LogP contribution in [0.5, 0.6) is 0 Å². The highest BCUT2D eigenvalue weighted by atomic mass is 79.9. The third-order valence-corrected chi connectivity index (χ3v) is 5.30. The molecule has 1 N–H and O–H groups in total. The Morgan fingerprint density at radius 3 is 2.37 bits per heavy atom. The van der Waals surface area contributed by atoms with Crippen molar-refractivity contribution in [3.63, 3.8) is 0 Å². The molecular weight excluding hydrogens is 404 g/mol. The molecule has 2 aromatic rings. The van der Waals surface area contributed by atoms with Gasteiger partial charge in [-0.15, -0.1) is 0 Å². The highest BCUT2D eigenvalue weighted by Gasteiger charge is 2.26. The lowest BCUT2D eigenvalue weighted by Gasteiger charge is -2.30. The topological polar surface area (TPSA) is 49.4 Å². The molecule has 0 aromatic heterocycles. The fraction of sp³-hybridized carbons (Fsp3) is 0.273. The van der Waals surface area contributed by atoms with E-state index >= 15 is 0 Å². The first-order valence-electron chi connectivity index (χ1n) is 9.16. The molecule has 0 unspecified atom stereocenters. The summed E-state index contributed by atoms with van der Waals surface area (Å²) in [5.41, 5.74) is 2.08. The second-order valence-electron chi connectivity index (χ2n) is 6.69. The van der Waals surface area contributed by atoms with E-state index in [2.05, 4.69) is 21.2 Å². The predicted octanol–water partition coefficient (Wildman–Crippen LogP) is 4.02. The predicted molar refractivity (Wildman–Crippen MR) is 111 cm³/mol. The van der Waals surface area contributed by atoms with Gasteiger partial charge in [0.25, 0.3) is 0 Å². The van der Waals surface area contributed by atoms with Crippen LogP contribution in [0.2, 0.25) is 0 Å². The maximum absolute atomic E-state index is 12.4. The van der Waals surface area contributed by atoms with Crippen LogP contribution < -0.4 is 5.32 Å². The van der Waals surface area contributed by atoms with E-state index in [9.17, 15) is 9.59 Å². The van der Waals surface area contributed by atoms with E-state index in [1.807, 2.05) is 65.6 Å². The lowest BCUT2D eigenvalue weighted by molar-refractivity contribution is -0.132. The zero-order chi connectivity index (χ0) is 19.1. The number of benzene rings is 2. The summed E-state index contributed by atoms with van der Waals surface area (Å²) >= 11 is 3.40. The van der Waals surface area contributed by atoms with E-state index in [4.69, 9.17) is 0 Å². The van der Waals surface area contributed by atoms with Crippen LogP contribution in [0, 0.1) is 5.92 Å². The minimum Gasteiger partial charge on any atom is -0.352 e. The highest BCUT2D eigenvalue weighted by Crippen LogP contribution is 2.18. The minimum atomic E-state index is -0.0202. The van der Waals surface area contributed by atoms with Gasteiger partial charge in [0.05, 0.1) is 0 Å². The monoisotopic (exact) mass is 426 g/mol. The number of hydrogen-bond donors (Lipinski definition) is 1. The van der Waals surface area contributed by atoms with Gasteiger partial charge in [0.2, 0.25) is 11.8 Å².